The Morgan fingerprint density at radius 1 is 0.867 bits per heavy atom. The number of benzene rings is 2. The van der Waals surface area contributed by atoms with E-state index in [1.807, 2.05) is 23.1 Å². The Morgan fingerprint density at radius 2 is 1.50 bits per heavy atom. The molecule has 2 aromatic rings. The molecule has 160 valence electrons. The third-order valence-corrected chi connectivity index (χ3v) is 6.42. The summed E-state index contributed by atoms with van der Waals surface area (Å²) in [5, 5.41) is 0. The van der Waals surface area contributed by atoms with Gasteiger partial charge in [-0.05, 0) is 36.8 Å². The number of carbonyl (C=O) groups is 1. The summed E-state index contributed by atoms with van der Waals surface area (Å²) in [7, 11) is 0. The molecule has 30 heavy (non-hydrogen) atoms. The molecule has 4 rings (SSSR count). The minimum atomic E-state index is -0.207. The SMILES string of the molecule is CC(c1ccccc1)N1CCN(C(=O)CN2CCN(c3ccc(F)cc3)CC2)CC1. The van der Waals surface area contributed by atoms with E-state index >= 15 is 0 Å². The van der Waals surface area contributed by atoms with Crippen molar-refractivity contribution >= 4 is 11.6 Å². The van der Waals surface area contributed by atoms with Gasteiger partial charge in [0, 0.05) is 64.1 Å². The molecule has 0 aromatic heterocycles. The molecule has 0 saturated carbocycles. The Morgan fingerprint density at radius 3 is 2.13 bits per heavy atom. The van der Waals surface area contributed by atoms with E-state index in [4.69, 9.17) is 0 Å². The Labute approximate surface area is 178 Å². The first kappa shape index (κ1) is 20.8. The Hall–Kier alpha value is -2.44. The van der Waals surface area contributed by atoms with Crippen LogP contribution in [0, 0.1) is 5.82 Å². The van der Waals surface area contributed by atoms with Crippen LogP contribution in [-0.4, -0.2) is 79.5 Å². The van der Waals surface area contributed by atoms with E-state index in [-0.39, 0.29) is 11.7 Å². The number of hydrogen-bond acceptors (Lipinski definition) is 4. The van der Waals surface area contributed by atoms with Gasteiger partial charge in [0.2, 0.25) is 5.91 Å². The van der Waals surface area contributed by atoms with Gasteiger partial charge in [-0.1, -0.05) is 30.3 Å². The van der Waals surface area contributed by atoms with Crippen molar-refractivity contribution in [3.63, 3.8) is 0 Å². The lowest BCUT2D eigenvalue weighted by Crippen LogP contribution is -2.54. The molecular weight excluding hydrogens is 379 g/mol. The largest absolute Gasteiger partial charge is 0.369 e. The number of nitrogens with zero attached hydrogens (tertiary/aromatic N) is 4. The second kappa shape index (κ2) is 9.58. The number of rotatable bonds is 5. The van der Waals surface area contributed by atoms with Crippen LogP contribution in [0.5, 0.6) is 0 Å². The van der Waals surface area contributed by atoms with Crippen LogP contribution in [0.4, 0.5) is 10.1 Å². The van der Waals surface area contributed by atoms with Crippen LogP contribution in [-0.2, 0) is 4.79 Å². The van der Waals surface area contributed by atoms with Crippen LogP contribution in [0.3, 0.4) is 0 Å². The summed E-state index contributed by atoms with van der Waals surface area (Å²) >= 11 is 0. The number of halogens is 1. The Bertz CT molecular complexity index is 813. The van der Waals surface area contributed by atoms with Crippen molar-refractivity contribution in [3.8, 4) is 0 Å². The van der Waals surface area contributed by atoms with Crippen molar-refractivity contribution in [1.82, 2.24) is 14.7 Å². The maximum Gasteiger partial charge on any atom is 0.236 e. The number of hydrogen-bond donors (Lipinski definition) is 0. The average Bonchev–Trinajstić information content (AvgIpc) is 2.80. The maximum absolute atomic E-state index is 13.1. The summed E-state index contributed by atoms with van der Waals surface area (Å²) in [6.45, 7) is 9.60. The molecule has 1 amide bonds. The quantitative estimate of drug-likeness (QED) is 0.758. The Balaban J connectivity index is 1.21. The molecule has 2 saturated heterocycles. The molecule has 6 heteroatoms. The van der Waals surface area contributed by atoms with E-state index in [1.165, 1.54) is 17.7 Å². The zero-order valence-corrected chi connectivity index (χ0v) is 17.7. The Kier molecular flexibility index (Phi) is 6.65. The summed E-state index contributed by atoms with van der Waals surface area (Å²) in [6, 6.07) is 17.6. The van der Waals surface area contributed by atoms with Crippen LogP contribution in [0.2, 0.25) is 0 Å². The summed E-state index contributed by atoms with van der Waals surface area (Å²) < 4.78 is 13.1. The van der Waals surface area contributed by atoms with E-state index in [1.54, 1.807) is 0 Å². The van der Waals surface area contributed by atoms with E-state index in [2.05, 4.69) is 45.9 Å². The predicted octanol–water partition coefficient (Wildman–Crippen LogP) is 2.85. The van der Waals surface area contributed by atoms with E-state index in [0.717, 1.165) is 58.0 Å². The standard InChI is InChI=1S/C24H31FN4O/c1-20(21-5-3-2-4-6-21)27-15-17-29(18-16-27)24(30)19-26-11-13-28(14-12-26)23-9-7-22(25)8-10-23/h2-10,20H,11-19H2,1H3. The molecular formula is C24H31FN4O. The van der Waals surface area contributed by atoms with E-state index in [9.17, 15) is 9.18 Å². The van der Waals surface area contributed by atoms with Gasteiger partial charge in [0.1, 0.15) is 5.82 Å². The highest BCUT2D eigenvalue weighted by Crippen LogP contribution is 2.21. The van der Waals surface area contributed by atoms with Crippen molar-refractivity contribution in [1.29, 1.82) is 0 Å². The minimum absolute atomic E-state index is 0.207. The summed E-state index contributed by atoms with van der Waals surface area (Å²) in [5.41, 5.74) is 2.38. The van der Waals surface area contributed by atoms with Gasteiger partial charge >= 0.3 is 0 Å². The van der Waals surface area contributed by atoms with Crippen molar-refractivity contribution in [2.45, 2.75) is 13.0 Å². The molecule has 0 aliphatic carbocycles. The molecule has 0 bridgehead atoms. The van der Waals surface area contributed by atoms with Gasteiger partial charge in [-0.3, -0.25) is 14.6 Å². The number of piperazine rings is 2. The fraction of sp³-hybridized carbons (Fsp3) is 0.458. The molecule has 2 heterocycles. The molecule has 0 spiro atoms. The van der Waals surface area contributed by atoms with Gasteiger partial charge in [0.25, 0.3) is 0 Å². The van der Waals surface area contributed by atoms with Crippen molar-refractivity contribution in [2.75, 3.05) is 63.8 Å². The highest BCUT2D eigenvalue weighted by molar-refractivity contribution is 5.78. The van der Waals surface area contributed by atoms with Crippen LogP contribution in [0.1, 0.15) is 18.5 Å². The molecule has 0 N–H and O–H groups in total. The fourth-order valence-electron chi connectivity index (χ4n) is 4.41. The van der Waals surface area contributed by atoms with Crippen LogP contribution in [0.15, 0.2) is 54.6 Å². The van der Waals surface area contributed by atoms with Crippen molar-refractivity contribution < 1.29 is 9.18 Å². The van der Waals surface area contributed by atoms with Gasteiger partial charge in [-0.25, -0.2) is 4.39 Å². The van der Waals surface area contributed by atoms with Crippen LogP contribution in [0.25, 0.3) is 0 Å². The second-order valence-corrected chi connectivity index (χ2v) is 8.24. The highest BCUT2D eigenvalue weighted by Gasteiger charge is 2.26. The second-order valence-electron chi connectivity index (χ2n) is 8.24. The first-order valence-corrected chi connectivity index (χ1v) is 10.9. The highest BCUT2D eigenvalue weighted by atomic mass is 19.1. The normalized spacial score (nSPS) is 19.7. The van der Waals surface area contributed by atoms with Gasteiger partial charge in [0.15, 0.2) is 0 Å². The third-order valence-electron chi connectivity index (χ3n) is 6.42. The third kappa shape index (κ3) is 4.99. The average molecular weight is 411 g/mol. The molecule has 1 atom stereocenters. The minimum Gasteiger partial charge on any atom is -0.369 e. The van der Waals surface area contributed by atoms with Gasteiger partial charge in [-0.2, -0.15) is 0 Å². The molecule has 2 fully saturated rings. The number of carbonyl (C=O) groups excluding carboxylic acids is 1. The lowest BCUT2D eigenvalue weighted by Gasteiger charge is -2.40. The first-order chi connectivity index (χ1) is 14.6. The lowest BCUT2D eigenvalue weighted by atomic mass is 10.1. The zero-order chi connectivity index (χ0) is 20.9. The predicted molar refractivity (Wildman–Crippen MR) is 118 cm³/mol. The van der Waals surface area contributed by atoms with E-state index in [0.29, 0.717) is 12.6 Å². The molecule has 2 aliphatic rings. The summed E-state index contributed by atoms with van der Waals surface area (Å²) in [5.74, 6) is 0.0264. The molecule has 5 nitrogen and oxygen atoms in total. The molecule has 0 radical (unpaired) electrons. The topological polar surface area (TPSA) is 30.0 Å². The summed E-state index contributed by atoms with van der Waals surface area (Å²) in [4.78, 5) is 21.8. The van der Waals surface area contributed by atoms with Gasteiger partial charge < -0.3 is 9.80 Å². The molecule has 2 aliphatic heterocycles. The smallest absolute Gasteiger partial charge is 0.236 e. The summed E-state index contributed by atoms with van der Waals surface area (Å²) in [6.07, 6.45) is 0. The fourth-order valence-corrected chi connectivity index (χ4v) is 4.41. The van der Waals surface area contributed by atoms with Gasteiger partial charge in [0.05, 0.1) is 6.54 Å². The zero-order valence-electron chi connectivity index (χ0n) is 17.7. The number of amides is 1. The van der Waals surface area contributed by atoms with Crippen molar-refractivity contribution in [2.24, 2.45) is 0 Å². The molecule has 2 aromatic carbocycles. The van der Waals surface area contributed by atoms with Crippen LogP contribution < -0.4 is 4.90 Å². The monoisotopic (exact) mass is 410 g/mol. The lowest BCUT2D eigenvalue weighted by molar-refractivity contribution is -0.134. The van der Waals surface area contributed by atoms with Crippen LogP contribution >= 0.6 is 0 Å². The molecule has 1 unspecified atom stereocenters. The van der Waals surface area contributed by atoms with Crippen molar-refractivity contribution in [3.05, 3.63) is 66.0 Å². The maximum atomic E-state index is 13.1. The van der Waals surface area contributed by atoms with Gasteiger partial charge in [-0.15, -0.1) is 0 Å². The van der Waals surface area contributed by atoms with E-state index < -0.39 is 0 Å². The number of anilines is 1. The first-order valence-electron chi connectivity index (χ1n) is 10.9.